The van der Waals surface area contributed by atoms with Gasteiger partial charge in [0.1, 0.15) is 11.9 Å². The van der Waals surface area contributed by atoms with Crippen LogP contribution in [-0.2, 0) is 14.9 Å². The third-order valence-electron chi connectivity index (χ3n) is 7.79. The van der Waals surface area contributed by atoms with Crippen LogP contribution in [0.1, 0.15) is 61.3 Å². The summed E-state index contributed by atoms with van der Waals surface area (Å²) in [7, 11) is 1.67. The van der Waals surface area contributed by atoms with Crippen molar-refractivity contribution in [2.45, 2.75) is 50.0 Å². The molecule has 174 valence electrons. The van der Waals surface area contributed by atoms with Crippen molar-refractivity contribution in [2.75, 3.05) is 27.1 Å². The minimum Gasteiger partial charge on any atom is -0.467 e. The smallest absolute Gasteiger partial charge is 0.189 e. The van der Waals surface area contributed by atoms with Crippen LogP contribution in [0.5, 0.6) is 5.75 Å². The Kier molecular flexibility index (Phi) is 6.74. The van der Waals surface area contributed by atoms with Crippen molar-refractivity contribution in [3.8, 4) is 17.6 Å². The normalized spacial score (nSPS) is 28.2. The van der Waals surface area contributed by atoms with Gasteiger partial charge < -0.3 is 19.3 Å². The van der Waals surface area contributed by atoms with Gasteiger partial charge in [-0.1, -0.05) is 42.2 Å². The zero-order valence-electron chi connectivity index (χ0n) is 19.5. The van der Waals surface area contributed by atoms with E-state index in [9.17, 15) is 5.11 Å². The van der Waals surface area contributed by atoms with Crippen molar-refractivity contribution < 1.29 is 19.3 Å². The fourth-order valence-corrected chi connectivity index (χ4v) is 6.77. The second kappa shape index (κ2) is 9.89. The van der Waals surface area contributed by atoms with E-state index in [1.807, 2.05) is 42.5 Å². The highest BCUT2D eigenvalue weighted by Gasteiger charge is 2.52. The Morgan fingerprint density at radius 3 is 2.33 bits per heavy atom. The summed E-state index contributed by atoms with van der Waals surface area (Å²) in [6.07, 6.45) is 7.17. The molecule has 4 heteroatoms. The Balaban J connectivity index is 1.41. The van der Waals surface area contributed by atoms with E-state index in [1.54, 1.807) is 7.11 Å². The number of aliphatic hydroxyl groups is 1. The maximum absolute atomic E-state index is 10.5. The first-order chi connectivity index (χ1) is 16.1. The molecule has 0 aliphatic heterocycles. The maximum Gasteiger partial charge on any atom is 0.189 e. The van der Waals surface area contributed by atoms with Gasteiger partial charge in [-0.15, -0.1) is 0 Å². The molecule has 4 aliphatic rings. The molecule has 0 saturated heterocycles. The number of methoxy groups -OCH3 is 1. The second-order valence-electron chi connectivity index (χ2n) is 10.2. The molecule has 1 N–H and O–H groups in total. The molecule has 33 heavy (non-hydrogen) atoms. The van der Waals surface area contributed by atoms with Crippen molar-refractivity contribution in [1.82, 2.24) is 0 Å². The Morgan fingerprint density at radius 1 is 0.970 bits per heavy atom. The molecule has 0 aromatic heterocycles. The van der Waals surface area contributed by atoms with Gasteiger partial charge in [0.2, 0.25) is 0 Å². The fourth-order valence-electron chi connectivity index (χ4n) is 6.77. The molecule has 6 rings (SSSR count). The predicted octanol–water partition coefficient (Wildman–Crippen LogP) is 5.24. The van der Waals surface area contributed by atoms with Gasteiger partial charge in [-0.2, -0.15) is 0 Å². The first-order valence-electron chi connectivity index (χ1n) is 12.2. The molecule has 0 amide bonds. The van der Waals surface area contributed by atoms with Crippen LogP contribution in [0.15, 0.2) is 48.5 Å². The molecule has 0 radical (unpaired) electrons. The Hall–Kier alpha value is -2.32. The van der Waals surface area contributed by atoms with E-state index in [1.165, 1.54) is 44.1 Å². The Bertz CT molecular complexity index is 968. The van der Waals surface area contributed by atoms with Crippen LogP contribution >= 0.6 is 0 Å². The van der Waals surface area contributed by atoms with E-state index in [0.717, 1.165) is 34.6 Å². The van der Waals surface area contributed by atoms with E-state index >= 15 is 0 Å². The number of ether oxygens (including phenoxy) is 3. The first kappa shape index (κ1) is 22.5. The lowest BCUT2D eigenvalue weighted by Crippen LogP contribution is -2.48. The van der Waals surface area contributed by atoms with Crippen molar-refractivity contribution in [3.05, 3.63) is 65.2 Å². The Labute approximate surface area is 197 Å². The van der Waals surface area contributed by atoms with Crippen molar-refractivity contribution >= 4 is 0 Å². The molecular weight excluding hydrogens is 412 g/mol. The molecule has 1 atom stereocenters. The van der Waals surface area contributed by atoms with Gasteiger partial charge in [0.05, 0.1) is 13.2 Å². The predicted molar refractivity (Wildman–Crippen MR) is 128 cm³/mol. The van der Waals surface area contributed by atoms with Gasteiger partial charge in [-0.25, -0.2) is 0 Å². The molecule has 4 nitrogen and oxygen atoms in total. The average molecular weight is 447 g/mol. The highest BCUT2D eigenvalue weighted by atomic mass is 16.7. The summed E-state index contributed by atoms with van der Waals surface area (Å²) in [5, 5.41) is 10.5. The Morgan fingerprint density at radius 2 is 1.67 bits per heavy atom. The molecule has 4 aliphatic carbocycles. The zero-order chi connectivity index (χ0) is 22.7. The largest absolute Gasteiger partial charge is 0.467 e. The average Bonchev–Trinajstić information content (AvgIpc) is 2.82. The molecule has 2 aromatic carbocycles. The topological polar surface area (TPSA) is 47.9 Å². The molecule has 2 aromatic rings. The van der Waals surface area contributed by atoms with Crippen LogP contribution in [-0.4, -0.2) is 32.2 Å². The lowest BCUT2D eigenvalue weighted by molar-refractivity contribution is -0.0189. The summed E-state index contributed by atoms with van der Waals surface area (Å²) >= 11 is 0. The van der Waals surface area contributed by atoms with Crippen LogP contribution in [0, 0.1) is 29.6 Å². The van der Waals surface area contributed by atoms with Crippen molar-refractivity contribution in [1.29, 1.82) is 0 Å². The highest BCUT2D eigenvalue weighted by molar-refractivity contribution is 5.49. The van der Waals surface area contributed by atoms with Crippen molar-refractivity contribution in [3.63, 3.8) is 0 Å². The van der Waals surface area contributed by atoms with Gasteiger partial charge in [-0.3, -0.25) is 0 Å². The van der Waals surface area contributed by atoms with Gasteiger partial charge in [0, 0.05) is 18.2 Å². The molecule has 4 fully saturated rings. The second-order valence-corrected chi connectivity index (χ2v) is 10.2. The van der Waals surface area contributed by atoms with E-state index in [0.29, 0.717) is 13.2 Å². The molecule has 1 unspecified atom stereocenters. The standard InChI is InChI=1S/C29H34O4/c1-31-11-12-32-20-33-28-10-8-21(7-9-27(30)25-5-3-2-4-6-25)16-26(28)29-17-22-13-23(18-29)15-24(14-22)19-29/h2-6,8,10,16,22-24,27,30H,11-15,17-20H2,1H3. The summed E-state index contributed by atoms with van der Waals surface area (Å²) in [6.45, 7) is 1.30. The van der Waals surface area contributed by atoms with E-state index in [-0.39, 0.29) is 12.2 Å². The minimum absolute atomic E-state index is 0.187. The zero-order valence-corrected chi connectivity index (χ0v) is 19.5. The van der Waals surface area contributed by atoms with Gasteiger partial charge in [0.25, 0.3) is 0 Å². The van der Waals surface area contributed by atoms with Crippen LogP contribution in [0.4, 0.5) is 0 Å². The highest BCUT2D eigenvalue weighted by Crippen LogP contribution is 2.61. The summed E-state index contributed by atoms with van der Waals surface area (Å²) < 4.78 is 16.8. The lowest BCUT2D eigenvalue weighted by Gasteiger charge is -2.57. The van der Waals surface area contributed by atoms with E-state index < -0.39 is 6.10 Å². The first-order valence-corrected chi connectivity index (χ1v) is 12.2. The van der Waals surface area contributed by atoms with E-state index in [2.05, 4.69) is 17.9 Å². The van der Waals surface area contributed by atoms with Gasteiger partial charge in [-0.05, 0) is 85.5 Å². The van der Waals surface area contributed by atoms with Crippen molar-refractivity contribution in [2.24, 2.45) is 17.8 Å². The van der Waals surface area contributed by atoms with E-state index in [4.69, 9.17) is 14.2 Å². The number of hydrogen-bond donors (Lipinski definition) is 1. The molecule has 4 bridgehead atoms. The van der Waals surface area contributed by atoms with Crippen LogP contribution in [0.3, 0.4) is 0 Å². The quantitative estimate of drug-likeness (QED) is 0.342. The summed E-state index contributed by atoms with van der Waals surface area (Å²) in [4.78, 5) is 0. The summed E-state index contributed by atoms with van der Waals surface area (Å²) in [5.41, 5.74) is 3.23. The SMILES string of the molecule is COCCOCOc1ccc(C#CC(O)c2ccccc2)cc1C12CC3CC(CC(C3)C1)C2. The molecular formula is C29H34O4. The summed E-state index contributed by atoms with van der Waals surface area (Å²) in [6, 6.07) is 15.9. The third-order valence-corrected chi connectivity index (χ3v) is 7.79. The van der Waals surface area contributed by atoms with Gasteiger partial charge in [0.15, 0.2) is 6.79 Å². The number of hydrogen-bond acceptors (Lipinski definition) is 4. The number of rotatable bonds is 8. The summed E-state index contributed by atoms with van der Waals surface area (Å²) in [5.74, 6) is 9.70. The fraction of sp³-hybridized carbons (Fsp3) is 0.517. The van der Waals surface area contributed by atoms with Crippen LogP contribution in [0.2, 0.25) is 0 Å². The molecule has 0 spiro atoms. The number of benzene rings is 2. The van der Waals surface area contributed by atoms with Gasteiger partial charge >= 0.3 is 0 Å². The number of aliphatic hydroxyl groups excluding tert-OH is 1. The molecule has 4 saturated carbocycles. The monoisotopic (exact) mass is 446 g/mol. The van der Waals surface area contributed by atoms with Crippen LogP contribution in [0.25, 0.3) is 0 Å². The van der Waals surface area contributed by atoms with Crippen LogP contribution < -0.4 is 4.74 Å². The lowest BCUT2D eigenvalue weighted by atomic mass is 9.48. The minimum atomic E-state index is -0.792. The molecule has 0 heterocycles. The third kappa shape index (κ3) is 4.96. The maximum atomic E-state index is 10.5.